The molecule has 1 unspecified atom stereocenters. The van der Waals surface area contributed by atoms with Crippen molar-refractivity contribution in [2.75, 3.05) is 25.4 Å². The number of pyridine rings is 1. The number of carbonyl (C=O) groups is 2. The van der Waals surface area contributed by atoms with Gasteiger partial charge in [0, 0.05) is 25.8 Å². The molecule has 8 heteroatoms. The molecule has 0 saturated carbocycles. The van der Waals surface area contributed by atoms with Crippen molar-refractivity contribution >= 4 is 23.6 Å². The molecule has 0 bridgehead atoms. The second kappa shape index (κ2) is 9.73. The first-order valence-electron chi connectivity index (χ1n) is 9.63. The normalized spacial score (nSPS) is 16.8. The zero-order valence-corrected chi connectivity index (χ0v) is 17.1. The van der Waals surface area contributed by atoms with E-state index in [4.69, 9.17) is 4.52 Å². The number of hydrogen-bond donors (Lipinski definition) is 1. The summed E-state index contributed by atoms with van der Waals surface area (Å²) in [5.41, 5.74) is 1.22. The summed E-state index contributed by atoms with van der Waals surface area (Å²) in [6.45, 7) is 5.69. The molecule has 3 heterocycles. The van der Waals surface area contributed by atoms with E-state index < -0.39 is 0 Å². The fraction of sp³-hybridized carbons (Fsp3) is 0.500. The van der Waals surface area contributed by atoms with E-state index in [1.54, 1.807) is 13.1 Å². The fourth-order valence-electron chi connectivity index (χ4n) is 3.39. The molecule has 2 aromatic rings. The average molecular weight is 403 g/mol. The third kappa shape index (κ3) is 5.13. The molecule has 28 heavy (non-hydrogen) atoms. The van der Waals surface area contributed by atoms with Crippen LogP contribution in [0.5, 0.6) is 0 Å². The molecule has 1 atom stereocenters. The van der Waals surface area contributed by atoms with Gasteiger partial charge in [-0.15, -0.1) is 0 Å². The summed E-state index contributed by atoms with van der Waals surface area (Å²) in [5.74, 6) is 1.16. The molecule has 1 fully saturated rings. The first-order valence-corrected chi connectivity index (χ1v) is 10.6. The number of nitrogens with zero attached hydrogens (tertiary/aromatic N) is 3. The topological polar surface area (TPSA) is 88.3 Å². The molecular formula is C20H26N4O3S. The van der Waals surface area contributed by atoms with Gasteiger partial charge >= 0.3 is 0 Å². The van der Waals surface area contributed by atoms with E-state index in [1.807, 2.05) is 30.0 Å². The Morgan fingerprint density at radius 2 is 2.25 bits per heavy atom. The van der Waals surface area contributed by atoms with Gasteiger partial charge in [0.2, 0.25) is 5.91 Å². The van der Waals surface area contributed by atoms with Crippen LogP contribution in [0.25, 0.3) is 0 Å². The molecule has 0 radical (unpaired) electrons. The second-order valence-corrected chi connectivity index (χ2v) is 7.92. The lowest BCUT2D eigenvalue weighted by Crippen LogP contribution is -2.44. The lowest BCUT2D eigenvalue weighted by molar-refractivity contribution is -0.130. The molecule has 150 valence electrons. The van der Waals surface area contributed by atoms with E-state index in [2.05, 4.69) is 15.5 Å². The number of aryl methyl sites for hydroxylation is 2. The van der Waals surface area contributed by atoms with Gasteiger partial charge in [0.1, 0.15) is 11.3 Å². The summed E-state index contributed by atoms with van der Waals surface area (Å²) in [6.07, 6.45) is 4.33. The van der Waals surface area contributed by atoms with Crippen molar-refractivity contribution < 1.29 is 14.1 Å². The van der Waals surface area contributed by atoms with Crippen LogP contribution >= 0.6 is 11.8 Å². The number of likely N-dealkylation sites (tertiary alicyclic amines) is 1. The lowest BCUT2D eigenvalue weighted by Gasteiger charge is -2.32. The van der Waals surface area contributed by atoms with E-state index in [1.165, 1.54) is 11.8 Å². The van der Waals surface area contributed by atoms with Gasteiger partial charge in [0.05, 0.1) is 16.5 Å². The van der Waals surface area contributed by atoms with Gasteiger partial charge in [-0.2, -0.15) is 0 Å². The molecule has 0 aromatic carbocycles. The molecule has 1 aliphatic rings. The van der Waals surface area contributed by atoms with Gasteiger partial charge in [-0.3, -0.25) is 9.59 Å². The highest BCUT2D eigenvalue weighted by Crippen LogP contribution is 2.20. The maximum absolute atomic E-state index is 12.5. The van der Waals surface area contributed by atoms with Crippen molar-refractivity contribution in [3.8, 4) is 0 Å². The van der Waals surface area contributed by atoms with Crippen LogP contribution in [0.3, 0.4) is 0 Å². The lowest BCUT2D eigenvalue weighted by atomic mass is 9.97. The Bertz CT molecular complexity index is 809. The van der Waals surface area contributed by atoms with Crippen molar-refractivity contribution in [3.05, 3.63) is 41.4 Å². The summed E-state index contributed by atoms with van der Waals surface area (Å²) in [6, 6.07) is 5.68. The van der Waals surface area contributed by atoms with Gasteiger partial charge in [-0.1, -0.05) is 29.9 Å². The van der Waals surface area contributed by atoms with Crippen molar-refractivity contribution in [2.45, 2.75) is 38.1 Å². The largest absolute Gasteiger partial charge is 0.361 e. The Balaban J connectivity index is 1.48. The molecule has 1 saturated heterocycles. The highest BCUT2D eigenvalue weighted by atomic mass is 32.2. The van der Waals surface area contributed by atoms with E-state index in [9.17, 15) is 9.59 Å². The predicted molar refractivity (Wildman–Crippen MR) is 107 cm³/mol. The van der Waals surface area contributed by atoms with Gasteiger partial charge in [-0.05, 0) is 44.2 Å². The molecule has 2 aromatic heterocycles. The Labute approximate surface area is 169 Å². The van der Waals surface area contributed by atoms with E-state index in [0.717, 1.165) is 24.4 Å². The molecule has 3 rings (SSSR count). The second-order valence-electron chi connectivity index (χ2n) is 6.93. The molecule has 0 aliphatic carbocycles. The van der Waals surface area contributed by atoms with Crippen LogP contribution in [-0.4, -0.2) is 52.2 Å². The number of hydrogen-bond acceptors (Lipinski definition) is 6. The third-order valence-electron chi connectivity index (χ3n) is 4.90. The SMILES string of the molecule is CCc1noc(C)c1C(=O)NCC1CCCN(C(=O)CSc2ccccn2)C1. The minimum Gasteiger partial charge on any atom is -0.361 e. The number of amides is 2. The Kier molecular flexibility index (Phi) is 7.08. The summed E-state index contributed by atoms with van der Waals surface area (Å²) < 4.78 is 5.14. The Morgan fingerprint density at radius 1 is 1.39 bits per heavy atom. The smallest absolute Gasteiger partial charge is 0.256 e. The standard InChI is InChI=1S/C20H26N4O3S/c1-3-16-19(14(2)27-23-16)20(26)22-11-15-7-6-10-24(12-15)18(25)13-28-17-8-4-5-9-21-17/h4-5,8-9,15H,3,6-7,10-13H2,1-2H3,(H,22,26). The highest BCUT2D eigenvalue weighted by molar-refractivity contribution is 7.99. The zero-order chi connectivity index (χ0) is 19.9. The van der Waals surface area contributed by atoms with Gasteiger partial charge in [0.15, 0.2) is 0 Å². The van der Waals surface area contributed by atoms with Crippen LogP contribution in [0.15, 0.2) is 33.9 Å². The van der Waals surface area contributed by atoms with E-state index in [0.29, 0.717) is 42.3 Å². The van der Waals surface area contributed by atoms with Crippen molar-refractivity contribution in [1.82, 2.24) is 20.4 Å². The van der Waals surface area contributed by atoms with Crippen molar-refractivity contribution in [2.24, 2.45) is 5.92 Å². The first-order chi connectivity index (χ1) is 13.6. The fourth-order valence-corrected chi connectivity index (χ4v) is 4.16. The highest BCUT2D eigenvalue weighted by Gasteiger charge is 2.25. The molecular weight excluding hydrogens is 376 g/mol. The van der Waals surface area contributed by atoms with Crippen LogP contribution in [-0.2, 0) is 11.2 Å². The zero-order valence-electron chi connectivity index (χ0n) is 16.3. The van der Waals surface area contributed by atoms with Crippen LogP contribution in [0.1, 0.15) is 41.6 Å². The Hall–Kier alpha value is -2.35. The molecule has 1 N–H and O–H groups in total. The van der Waals surface area contributed by atoms with Crippen molar-refractivity contribution in [1.29, 1.82) is 0 Å². The summed E-state index contributed by atoms with van der Waals surface area (Å²) in [7, 11) is 0. The number of rotatable bonds is 7. The number of thioether (sulfide) groups is 1. The predicted octanol–water partition coefficient (Wildman–Crippen LogP) is 2.70. The quantitative estimate of drug-likeness (QED) is 0.717. The average Bonchev–Trinajstić information content (AvgIpc) is 3.12. The summed E-state index contributed by atoms with van der Waals surface area (Å²) >= 11 is 1.46. The number of carbonyl (C=O) groups excluding carboxylic acids is 2. The minimum atomic E-state index is -0.148. The molecule has 0 spiro atoms. The number of piperidine rings is 1. The monoisotopic (exact) mass is 402 g/mol. The summed E-state index contributed by atoms with van der Waals surface area (Å²) in [5, 5.41) is 7.78. The molecule has 1 aliphatic heterocycles. The van der Waals surface area contributed by atoms with Gasteiger partial charge in [0.25, 0.3) is 5.91 Å². The summed E-state index contributed by atoms with van der Waals surface area (Å²) in [4.78, 5) is 31.2. The van der Waals surface area contributed by atoms with Crippen LogP contribution in [0, 0.1) is 12.8 Å². The minimum absolute atomic E-state index is 0.120. The number of aromatic nitrogens is 2. The van der Waals surface area contributed by atoms with E-state index >= 15 is 0 Å². The molecule has 7 nitrogen and oxygen atoms in total. The maximum atomic E-state index is 12.5. The van der Waals surface area contributed by atoms with Crippen LogP contribution < -0.4 is 5.32 Å². The first kappa shape index (κ1) is 20.4. The maximum Gasteiger partial charge on any atom is 0.256 e. The van der Waals surface area contributed by atoms with E-state index in [-0.39, 0.29) is 17.7 Å². The van der Waals surface area contributed by atoms with Crippen molar-refractivity contribution in [3.63, 3.8) is 0 Å². The third-order valence-corrected chi connectivity index (χ3v) is 5.83. The van der Waals surface area contributed by atoms with Crippen LogP contribution in [0.4, 0.5) is 0 Å². The van der Waals surface area contributed by atoms with Gasteiger partial charge in [-0.25, -0.2) is 4.98 Å². The molecule has 2 amide bonds. The number of nitrogens with one attached hydrogen (secondary N) is 1. The Morgan fingerprint density at radius 3 is 3.00 bits per heavy atom. The van der Waals surface area contributed by atoms with Crippen LogP contribution in [0.2, 0.25) is 0 Å². The van der Waals surface area contributed by atoms with Gasteiger partial charge < -0.3 is 14.7 Å².